The molecule has 0 radical (unpaired) electrons. The lowest BCUT2D eigenvalue weighted by atomic mass is 10.2. The van der Waals surface area contributed by atoms with E-state index in [1.807, 2.05) is 4.57 Å². The maximum absolute atomic E-state index is 11.5. The average molecular weight is 250 g/mol. The SMILES string of the molecule is CCOC(=O)C(C)=Cc1cncn1CC1CCO1. The third-order valence-corrected chi connectivity index (χ3v) is 2.90. The number of ether oxygens (including phenoxy) is 2. The van der Waals surface area contributed by atoms with Gasteiger partial charge in [-0.05, 0) is 26.3 Å². The summed E-state index contributed by atoms with van der Waals surface area (Å²) in [7, 11) is 0. The first-order valence-corrected chi connectivity index (χ1v) is 6.18. The standard InChI is InChI=1S/C13H18N2O3/c1-3-17-13(16)10(2)6-11-7-14-9-15(11)8-12-4-5-18-12/h6-7,9,12H,3-5,8H2,1-2H3. The Morgan fingerprint density at radius 2 is 2.50 bits per heavy atom. The van der Waals surface area contributed by atoms with Crippen LogP contribution in [0.3, 0.4) is 0 Å². The Bertz CT molecular complexity index is 447. The van der Waals surface area contributed by atoms with Crippen molar-refractivity contribution in [2.75, 3.05) is 13.2 Å². The lowest BCUT2D eigenvalue weighted by molar-refractivity contribution is -0.138. The van der Waals surface area contributed by atoms with Crippen LogP contribution in [-0.4, -0.2) is 34.8 Å². The molecule has 0 N–H and O–H groups in total. The molecule has 2 heterocycles. The first-order valence-electron chi connectivity index (χ1n) is 6.18. The molecule has 1 aliphatic heterocycles. The minimum Gasteiger partial charge on any atom is -0.463 e. The van der Waals surface area contributed by atoms with E-state index in [-0.39, 0.29) is 12.1 Å². The number of nitrogens with zero attached hydrogens (tertiary/aromatic N) is 2. The van der Waals surface area contributed by atoms with E-state index < -0.39 is 0 Å². The van der Waals surface area contributed by atoms with Crippen LogP contribution >= 0.6 is 0 Å². The van der Waals surface area contributed by atoms with Crippen molar-refractivity contribution in [2.24, 2.45) is 0 Å². The monoisotopic (exact) mass is 250 g/mol. The fraction of sp³-hybridized carbons (Fsp3) is 0.538. The smallest absolute Gasteiger partial charge is 0.333 e. The summed E-state index contributed by atoms with van der Waals surface area (Å²) in [6, 6.07) is 0. The summed E-state index contributed by atoms with van der Waals surface area (Å²) in [6.45, 7) is 5.55. The molecule has 5 nitrogen and oxygen atoms in total. The number of carbonyl (C=O) groups is 1. The first-order chi connectivity index (χ1) is 8.70. The zero-order chi connectivity index (χ0) is 13.0. The molecule has 1 fully saturated rings. The van der Waals surface area contributed by atoms with Gasteiger partial charge in [0.05, 0.1) is 37.5 Å². The van der Waals surface area contributed by atoms with E-state index in [2.05, 4.69) is 4.98 Å². The molecule has 1 atom stereocenters. The van der Waals surface area contributed by atoms with Crippen LogP contribution in [0.1, 0.15) is 26.0 Å². The fourth-order valence-corrected chi connectivity index (χ4v) is 1.78. The van der Waals surface area contributed by atoms with Crippen LogP contribution in [0, 0.1) is 0 Å². The van der Waals surface area contributed by atoms with Crippen LogP contribution in [-0.2, 0) is 20.8 Å². The molecule has 1 aliphatic rings. The minimum absolute atomic E-state index is 0.272. The largest absolute Gasteiger partial charge is 0.463 e. The van der Waals surface area contributed by atoms with Crippen molar-refractivity contribution in [3.8, 4) is 0 Å². The minimum atomic E-state index is -0.287. The van der Waals surface area contributed by atoms with Crippen LogP contribution in [0.4, 0.5) is 0 Å². The summed E-state index contributed by atoms with van der Waals surface area (Å²) >= 11 is 0. The molecule has 0 bridgehead atoms. The number of imidazole rings is 1. The van der Waals surface area contributed by atoms with Gasteiger partial charge in [-0.1, -0.05) is 0 Å². The van der Waals surface area contributed by atoms with Gasteiger partial charge in [0, 0.05) is 12.2 Å². The van der Waals surface area contributed by atoms with E-state index in [0.717, 1.165) is 25.3 Å². The van der Waals surface area contributed by atoms with Gasteiger partial charge in [-0.3, -0.25) is 0 Å². The van der Waals surface area contributed by atoms with Crippen molar-refractivity contribution in [2.45, 2.75) is 32.9 Å². The molecule has 0 aliphatic carbocycles. The number of carbonyl (C=O) groups excluding carboxylic acids is 1. The molecule has 1 aromatic rings. The van der Waals surface area contributed by atoms with Crippen LogP contribution in [0.15, 0.2) is 18.1 Å². The van der Waals surface area contributed by atoms with Gasteiger partial charge in [0.15, 0.2) is 0 Å². The van der Waals surface area contributed by atoms with Gasteiger partial charge in [-0.2, -0.15) is 0 Å². The molecule has 0 aromatic carbocycles. The number of esters is 1. The molecule has 98 valence electrons. The normalized spacial score (nSPS) is 19.4. The maximum atomic E-state index is 11.5. The maximum Gasteiger partial charge on any atom is 0.333 e. The zero-order valence-electron chi connectivity index (χ0n) is 10.8. The summed E-state index contributed by atoms with van der Waals surface area (Å²) < 4.78 is 12.3. The van der Waals surface area contributed by atoms with Gasteiger partial charge in [-0.15, -0.1) is 0 Å². The first kappa shape index (κ1) is 12.8. The highest BCUT2D eigenvalue weighted by molar-refractivity contribution is 5.92. The Morgan fingerprint density at radius 3 is 3.11 bits per heavy atom. The van der Waals surface area contributed by atoms with E-state index in [0.29, 0.717) is 12.2 Å². The van der Waals surface area contributed by atoms with Crippen molar-refractivity contribution < 1.29 is 14.3 Å². The van der Waals surface area contributed by atoms with Crippen LogP contribution in [0.2, 0.25) is 0 Å². The topological polar surface area (TPSA) is 53.3 Å². The van der Waals surface area contributed by atoms with Gasteiger partial charge in [0.25, 0.3) is 0 Å². The molecular formula is C13H18N2O3. The second-order valence-electron chi connectivity index (χ2n) is 4.30. The summed E-state index contributed by atoms with van der Waals surface area (Å²) in [5.74, 6) is -0.287. The number of aromatic nitrogens is 2. The third-order valence-electron chi connectivity index (χ3n) is 2.90. The molecular weight excluding hydrogens is 232 g/mol. The highest BCUT2D eigenvalue weighted by Gasteiger charge is 2.19. The Kier molecular flexibility index (Phi) is 4.15. The van der Waals surface area contributed by atoms with Gasteiger partial charge >= 0.3 is 5.97 Å². The molecule has 0 spiro atoms. The molecule has 0 saturated carbocycles. The zero-order valence-corrected chi connectivity index (χ0v) is 10.8. The van der Waals surface area contributed by atoms with Gasteiger partial charge < -0.3 is 14.0 Å². The van der Waals surface area contributed by atoms with Crippen molar-refractivity contribution in [1.82, 2.24) is 9.55 Å². The highest BCUT2D eigenvalue weighted by Crippen LogP contribution is 2.15. The predicted molar refractivity (Wildman–Crippen MR) is 66.9 cm³/mol. The molecule has 1 aromatic heterocycles. The molecule has 0 amide bonds. The van der Waals surface area contributed by atoms with Crippen LogP contribution < -0.4 is 0 Å². The number of rotatable bonds is 5. The summed E-state index contributed by atoms with van der Waals surface area (Å²) in [5.41, 5.74) is 1.48. The second-order valence-corrected chi connectivity index (χ2v) is 4.30. The summed E-state index contributed by atoms with van der Waals surface area (Å²) in [4.78, 5) is 15.6. The lowest BCUT2D eigenvalue weighted by Gasteiger charge is -2.27. The third kappa shape index (κ3) is 2.98. The average Bonchev–Trinajstić information content (AvgIpc) is 2.71. The number of hydrogen-bond acceptors (Lipinski definition) is 4. The van der Waals surface area contributed by atoms with E-state index in [9.17, 15) is 4.79 Å². The van der Waals surface area contributed by atoms with Crippen LogP contribution in [0.25, 0.3) is 6.08 Å². The highest BCUT2D eigenvalue weighted by atomic mass is 16.5. The van der Waals surface area contributed by atoms with E-state index in [4.69, 9.17) is 9.47 Å². The summed E-state index contributed by atoms with van der Waals surface area (Å²) in [5, 5.41) is 0. The molecule has 2 rings (SSSR count). The molecule has 18 heavy (non-hydrogen) atoms. The van der Waals surface area contributed by atoms with Crippen LogP contribution in [0.5, 0.6) is 0 Å². The van der Waals surface area contributed by atoms with E-state index >= 15 is 0 Å². The van der Waals surface area contributed by atoms with Gasteiger partial charge in [0.2, 0.25) is 0 Å². The van der Waals surface area contributed by atoms with E-state index in [1.54, 1.807) is 32.4 Å². The Labute approximate surface area is 106 Å². The Hall–Kier alpha value is -1.62. The molecule has 5 heteroatoms. The summed E-state index contributed by atoms with van der Waals surface area (Å²) in [6.07, 6.45) is 6.64. The molecule has 1 unspecified atom stereocenters. The fourth-order valence-electron chi connectivity index (χ4n) is 1.78. The molecule has 1 saturated heterocycles. The van der Waals surface area contributed by atoms with Gasteiger partial charge in [-0.25, -0.2) is 9.78 Å². The van der Waals surface area contributed by atoms with Crippen molar-refractivity contribution >= 4 is 12.0 Å². The lowest BCUT2D eigenvalue weighted by Crippen LogP contribution is -2.31. The quantitative estimate of drug-likeness (QED) is 0.589. The van der Waals surface area contributed by atoms with E-state index in [1.165, 1.54) is 0 Å². The van der Waals surface area contributed by atoms with Crippen molar-refractivity contribution in [3.63, 3.8) is 0 Å². The van der Waals surface area contributed by atoms with Crippen molar-refractivity contribution in [3.05, 3.63) is 23.8 Å². The second kappa shape index (κ2) is 5.82. The Balaban J connectivity index is 2.05. The predicted octanol–water partition coefficient (Wildman–Crippen LogP) is 1.64. The van der Waals surface area contributed by atoms with Gasteiger partial charge in [0.1, 0.15) is 0 Å². The van der Waals surface area contributed by atoms with Crippen molar-refractivity contribution in [1.29, 1.82) is 0 Å². The Morgan fingerprint density at radius 1 is 1.72 bits per heavy atom. The number of hydrogen-bond donors (Lipinski definition) is 0.